The van der Waals surface area contributed by atoms with E-state index in [9.17, 15) is 14.9 Å². The van der Waals surface area contributed by atoms with Crippen molar-refractivity contribution < 1.29 is 18.7 Å². The van der Waals surface area contributed by atoms with E-state index < -0.39 is 24.0 Å². The van der Waals surface area contributed by atoms with Crippen LogP contribution in [0.1, 0.15) is 55.8 Å². The summed E-state index contributed by atoms with van der Waals surface area (Å²) in [5.41, 5.74) is 0.915. The number of fused-ring (bicyclic) bond motifs is 2. The van der Waals surface area contributed by atoms with Gasteiger partial charge in [-0.05, 0) is 69.3 Å². The number of Topliss-reactive ketones (excluding diaryl/α,β-unsaturated/α-hetero) is 1. The first-order valence-electron chi connectivity index (χ1n) is 15.5. The summed E-state index contributed by atoms with van der Waals surface area (Å²) in [7, 11) is 2.11. The van der Waals surface area contributed by atoms with E-state index in [1.165, 1.54) is 6.08 Å². The van der Waals surface area contributed by atoms with Gasteiger partial charge < -0.3 is 14.5 Å². The van der Waals surface area contributed by atoms with Crippen LogP contribution in [0.15, 0.2) is 36.9 Å². The number of nitriles is 1. The topological polar surface area (TPSA) is 101 Å². The molecule has 0 radical (unpaired) electrons. The number of piperazine rings is 1. The minimum atomic E-state index is -1.15. The highest BCUT2D eigenvalue weighted by Crippen LogP contribution is 2.51. The normalized spacial score (nSPS) is 37.2. The third-order valence-corrected chi connectivity index (χ3v) is 10.6. The lowest BCUT2D eigenvalue weighted by Crippen LogP contribution is -2.74. The zero-order valence-electron chi connectivity index (χ0n) is 24.5. The zero-order chi connectivity index (χ0) is 29.4. The van der Waals surface area contributed by atoms with E-state index in [1.54, 1.807) is 4.90 Å². The van der Waals surface area contributed by atoms with Gasteiger partial charge in [0.25, 0.3) is 0 Å². The van der Waals surface area contributed by atoms with Gasteiger partial charge >= 0.3 is 0 Å². The second kappa shape index (κ2) is 12.1. The maximum absolute atomic E-state index is 15.5. The molecule has 0 aromatic heterocycles. The van der Waals surface area contributed by atoms with E-state index in [0.717, 1.165) is 31.4 Å². The Labute approximate surface area is 248 Å². The summed E-state index contributed by atoms with van der Waals surface area (Å²) < 4.78 is 21.9. The van der Waals surface area contributed by atoms with Gasteiger partial charge in [0, 0.05) is 37.0 Å². The van der Waals surface area contributed by atoms with Crippen molar-refractivity contribution in [3.05, 3.63) is 48.0 Å². The Morgan fingerprint density at radius 1 is 1.24 bits per heavy atom. The molecular weight excluding hydrogens is 535 g/mol. The molecule has 4 fully saturated rings. The van der Waals surface area contributed by atoms with Crippen molar-refractivity contribution in [3.63, 3.8) is 0 Å². The number of alkyl halides is 1. The number of carbonyl (C=O) groups excluding carboxylic acids is 2. The molecule has 1 amide bonds. The number of ketones is 1. The minimum absolute atomic E-state index is 0.0447. The van der Waals surface area contributed by atoms with Crippen molar-refractivity contribution >= 4 is 11.7 Å². The Bertz CT molecular complexity index is 1240. The van der Waals surface area contributed by atoms with E-state index in [2.05, 4.69) is 40.1 Å². The molecule has 0 bridgehead atoms. The fourth-order valence-corrected chi connectivity index (χ4v) is 8.24. The van der Waals surface area contributed by atoms with Crippen LogP contribution in [-0.2, 0) is 20.7 Å². The average molecular weight is 579 g/mol. The number of hydrogen-bond acceptors (Lipinski definition) is 8. The first kappa shape index (κ1) is 29.4. The lowest BCUT2D eigenvalue weighted by Gasteiger charge is -2.55. The quantitative estimate of drug-likeness (QED) is 0.497. The molecule has 9 nitrogen and oxygen atoms in total. The summed E-state index contributed by atoms with van der Waals surface area (Å²) in [6, 6.07) is 9.44. The van der Waals surface area contributed by atoms with E-state index in [4.69, 9.17) is 4.74 Å². The lowest BCUT2D eigenvalue weighted by molar-refractivity contribution is -0.155. The Kier molecular flexibility index (Phi) is 8.49. The SMILES string of the molecule is C=CC(=O)N1CCN(C2NC(OCC3CCCN3C)NC3C(=O)[C@@]4(CCC32)Cc2ccccc2C(F)C4)CC1CC#N. The summed E-state index contributed by atoms with van der Waals surface area (Å²) in [5.74, 6) is -0.124. The molecule has 3 aliphatic heterocycles. The van der Waals surface area contributed by atoms with Crippen molar-refractivity contribution in [1.82, 2.24) is 25.3 Å². The molecular formula is C32H43FN6O3. The Morgan fingerprint density at radius 3 is 2.83 bits per heavy atom. The average Bonchev–Trinajstić information content (AvgIpc) is 3.42. The fourth-order valence-electron chi connectivity index (χ4n) is 8.24. The number of likely N-dealkylation sites (tertiary alicyclic amines) is 1. The van der Waals surface area contributed by atoms with Crippen LogP contribution in [0.5, 0.6) is 0 Å². The third kappa shape index (κ3) is 5.42. The number of halogens is 1. The molecule has 1 spiro atoms. The third-order valence-electron chi connectivity index (χ3n) is 10.6. The number of nitrogens with zero attached hydrogens (tertiary/aromatic N) is 4. The molecule has 3 saturated heterocycles. The molecule has 42 heavy (non-hydrogen) atoms. The number of nitrogens with one attached hydrogen (secondary N) is 2. The maximum atomic E-state index is 15.5. The maximum Gasteiger partial charge on any atom is 0.246 e. The molecule has 5 aliphatic rings. The molecule has 226 valence electrons. The van der Waals surface area contributed by atoms with Gasteiger partial charge in [-0.3, -0.25) is 25.1 Å². The number of rotatable bonds is 6. The van der Waals surface area contributed by atoms with E-state index >= 15 is 4.39 Å². The highest BCUT2D eigenvalue weighted by molar-refractivity contribution is 5.92. The predicted molar refractivity (Wildman–Crippen MR) is 156 cm³/mol. The van der Waals surface area contributed by atoms with Crippen molar-refractivity contribution in [1.29, 1.82) is 5.26 Å². The highest BCUT2D eigenvalue weighted by atomic mass is 19.1. The van der Waals surface area contributed by atoms with Crippen LogP contribution in [0.3, 0.4) is 0 Å². The van der Waals surface area contributed by atoms with Crippen LogP contribution < -0.4 is 10.6 Å². The van der Waals surface area contributed by atoms with Crippen molar-refractivity contribution in [2.24, 2.45) is 11.3 Å². The second-order valence-corrected chi connectivity index (χ2v) is 12.9. The monoisotopic (exact) mass is 578 g/mol. The molecule has 10 heteroatoms. The molecule has 3 heterocycles. The Balaban J connectivity index is 1.25. The van der Waals surface area contributed by atoms with Crippen molar-refractivity contribution in [2.45, 2.75) is 81.8 Å². The molecule has 8 atom stereocenters. The fraction of sp³-hybridized carbons (Fsp3) is 0.656. The number of amides is 1. The van der Waals surface area contributed by atoms with Crippen molar-refractivity contribution in [2.75, 3.05) is 39.8 Å². The number of hydrogen-bond donors (Lipinski definition) is 2. The summed E-state index contributed by atoms with van der Waals surface area (Å²) in [6.07, 6.45) is 4.07. The molecule has 7 unspecified atom stereocenters. The van der Waals surface area contributed by atoms with Gasteiger partial charge in [-0.25, -0.2) is 4.39 Å². The van der Waals surface area contributed by atoms with E-state index in [0.29, 0.717) is 50.7 Å². The highest BCUT2D eigenvalue weighted by Gasteiger charge is 2.56. The molecule has 2 N–H and O–H groups in total. The number of ether oxygens (including phenoxy) is 1. The summed E-state index contributed by atoms with van der Waals surface area (Å²) >= 11 is 0. The van der Waals surface area contributed by atoms with Crippen LogP contribution in [-0.4, -0.2) is 96.9 Å². The van der Waals surface area contributed by atoms with Gasteiger partial charge in [0.2, 0.25) is 5.91 Å². The Hall–Kier alpha value is -2.68. The largest absolute Gasteiger partial charge is 0.348 e. The molecule has 1 aromatic rings. The van der Waals surface area contributed by atoms with Crippen LogP contribution in [0.2, 0.25) is 0 Å². The van der Waals surface area contributed by atoms with Gasteiger partial charge in [-0.15, -0.1) is 0 Å². The van der Waals surface area contributed by atoms with E-state index in [1.807, 2.05) is 24.3 Å². The molecule has 1 saturated carbocycles. The van der Waals surface area contributed by atoms with Crippen LogP contribution in [0.4, 0.5) is 4.39 Å². The summed E-state index contributed by atoms with van der Waals surface area (Å²) in [5, 5.41) is 16.7. The van der Waals surface area contributed by atoms with Crippen molar-refractivity contribution in [3.8, 4) is 6.07 Å². The minimum Gasteiger partial charge on any atom is -0.348 e. The number of benzene rings is 1. The van der Waals surface area contributed by atoms with Crippen LogP contribution in [0, 0.1) is 22.7 Å². The number of likely N-dealkylation sites (N-methyl/N-ethyl adjacent to an activating group) is 1. The number of carbonyl (C=O) groups is 2. The first-order valence-corrected chi connectivity index (χ1v) is 15.5. The molecule has 6 rings (SSSR count). The van der Waals surface area contributed by atoms with Gasteiger partial charge in [0.05, 0.1) is 37.3 Å². The first-order chi connectivity index (χ1) is 20.3. The van der Waals surface area contributed by atoms with Gasteiger partial charge in [-0.2, -0.15) is 5.26 Å². The summed E-state index contributed by atoms with van der Waals surface area (Å²) in [4.78, 5) is 33.3. The summed E-state index contributed by atoms with van der Waals surface area (Å²) in [6.45, 7) is 6.85. The second-order valence-electron chi connectivity index (χ2n) is 12.9. The van der Waals surface area contributed by atoms with Gasteiger partial charge in [0.1, 0.15) is 6.17 Å². The van der Waals surface area contributed by atoms with E-state index in [-0.39, 0.29) is 42.7 Å². The standard InChI is InChI=1S/C32H43FN6O3/c1-3-27(40)39-16-15-38(19-22(39)11-13-34)30-25-10-12-32(17-21-7-4-5-9-24(21)26(33)18-32)29(41)28(25)35-31(36-30)42-20-23-8-6-14-37(23)2/h3-5,7,9,22-23,25-26,28,30-31,35-36H,1,6,8,10-12,14-20H2,2H3/t22?,23?,25?,26?,28?,30?,31?,32-/m0/s1. The lowest BCUT2D eigenvalue weighted by atomic mass is 9.58. The predicted octanol–water partition coefficient (Wildman–Crippen LogP) is 2.50. The molecule has 2 aliphatic carbocycles. The Morgan fingerprint density at radius 2 is 2.07 bits per heavy atom. The zero-order valence-corrected chi connectivity index (χ0v) is 24.5. The van der Waals surface area contributed by atoms with Crippen LogP contribution >= 0.6 is 0 Å². The smallest absolute Gasteiger partial charge is 0.246 e. The van der Waals surface area contributed by atoms with Gasteiger partial charge in [0.15, 0.2) is 12.1 Å². The van der Waals surface area contributed by atoms with Gasteiger partial charge in [-0.1, -0.05) is 30.8 Å². The molecule has 1 aromatic carbocycles. The van der Waals surface area contributed by atoms with Crippen LogP contribution in [0.25, 0.3) is 0 Å².